The highest BCUT2D eigenvalue weighted by Gasteiger charge is 2.20. The molecule has 16 heavy (non-hydrogen) atoms. The maximum atomic E-state index is 11.9. The highest BCUT2D eigenvalue weighted by molar-refractivity contribution is 5.97. The van der Waals surface area contributed by atoms with E-state index < -0.39 is 0 Å². The molecule has 2 rings (SSSR count). The normalized spacial score (nSPS) is 17.3. The number of carbonyl (C=O) groups excluding carboxylic acids is 1. The lowest BCUT2D eigenvalue weighted by atomic mass is 9.95. The first-order valence-corrected chi connectivity index (χ1v) is 5.80. The van der Waals surface area contributed by atoms with Crippen molar-refractivity contribution in [3.8, 4) is 0 Å². The van der Waals surface area contributed by atoms with Gasteiger partial charge in [-0.2, -0.15) is 5.10 Å². The predicted molar refractivity (Wildman–Crippen MR) is 62.1 cm³/mol. The van der Waals surface area contributed by atoms with Gasteiger partial charge in [0.15, 0.2) is 5.69 Å². The van der Waals surface area contributed by atoms with Crippen LogP contribution in [0.1, 0.15) is 48.3 Å². The van der Waals surface area contributed by atoms with Gasteiger partial charge in [-0.05, 0) is 19.8 Å². The van der Waals surface area contributed by atoms with Crippen molar-refractivity contribution in [1.82, 2.24) is 15.5 Å². The van der Waals surface area contributed by atoms with Crippen LogP contribution in [0.3, 0.4) is 0 Å². The third kappa shape index (κ3) is 2.18. The van der Waals surface area contributed by atoms with Crippen LogP contribution in [0, 0.1) is 6.92 Å². The van der Waals surface area contributed by atoms with Gasteiger partial charge in [0, 0.05) is 6.04 Å². The van der Waals surface area contributed by atoms with Crippen molar-refractivity contribution in [3.05, 3.63) is 11.4 Å². The van der Waals surface area contributed by atoms with Gasteiger partial charge in [-0.15, -0.1) is 0 Å². The molecule has 5 heteroatoms. The number of nitrogens with zero attached hydrogens (tertiary/aromatic N) is 1. The second-order valence-corrected chi connectivity index (χ2v) is 4.42. The topological polar surface area (TPSA) is 83.8 Å². The van der Waals surface area contributed by atoms with Crippen molar-refractivity contribution in [2.24, 2.45) is 0 Å². The minimum atomic E-state index is -0.159. The maximum Gasteiger partial charge on any atom is 0.274 e. The van der Waals surface area contributed by atoms with Gasteiger partial charge >= 0.3 is 0 Å². The average Bonchev–Trinajstić information content (AvgIpc) is 2.61. The molecular formula is C11H18N4O. The zero-order chi connectivity index (χ0) is 11.5. The molecule has 1 heterocycles. The molecule has 1 aliphatic carbocycles. The molecule has 4 N–H and O–H groups in total. The Labute approximate surface area is 94.8 Å². The lowest BCUT2D eigenvalue weighted by Crippen LogP contribution is -2.36. The lowest BCUT2D eigenvalue weighted by molar-refractivity contribution is 0.0923. The molecule has 1 aliphatic rings. The summed E-state index contributed by atoms with van der Waals surface area (Å²) in [4.78, 5) is 11.9. The maximum absolute atomic E-state index is 11.9. The summed E-state index contributed by atoms with van der Waals surface area (Å²) in [6.07, 6.45) is 5.79. The first kappa shape index (κ1) is 11.0. The van der Waals surface area contributed by atoms with E-state index >= 15 is 0 Å². The largest absolute Gasteiger partial charge is 0.395 e. The smallest absolute Gasteiger partial charge is 0.274 e. The molecule has 1 saturated carbocycles. The fraction of sp³-hybridized carbons (Fsp3) is 0.636. The average molecular weight is 222 g/mol. The molecule has 1 aromatic rings. The van der Waals surface area contributed by atoms with Crippen molar-refractivity contribution < 1.29 is 4.79 Å². The summed E-state index contributed by atoms with van der Waals surface area (Å²) in [5, 5.41) is 9.63. The molecule has 0 spiro atoms. The van der Waals surface area contributed by atoms with Gasteiger partial charge in [-0.25, -0.2) is 0 Å². The first-order chi connectivity index (χ1) is 7.68. The van der Waals surface area contributed by atoms with Crippen LogP contribution >= 0.6 is 0 Å². The van der Waals surface area contributed by atoms with Crippen LogP contribution in [-0.2, 0) is 0 Å². The minimum absolute atomic E-state index is 0.159. The van der Waals surface area contributed by atoms with Crippen LogP contribution in [0.5, 0.6) is 0 Å². The van der Waals surface area contributed by atoms with E-state index in [9.17, 15) is 4.79 Å². The summed E-state index contributed by atoms with van der Waals surface area (Å²) in [7, 11) is 0. The standard InChI is InChI=1S/C11H18N4O/c1-7-9(12)10(15-14-7)11(16)13-8-5-3-2-4-6-8/h8H,2-6,12H2,1H3,(H,13,16)(H,14,15). The molecule has 1 aromatic heterocycles. The van der Waals surface area contributed by atoms with Crippen molar-refractivity contribution >= 4 is 11.6 Å². The molecule has 0 atom stereocenters. The molecule has 0 aromatic carbocycles. The van der Waals surface area contributed by atoms with Crippen LogP contribution in [0.25, 0.3) is 0 Å². The fourth-order valence-corrected chi connectivity index (χ4v) is 2.11. The number of rotatable bonds is 2. The molecular weight excluding hydrogens is 204 g/mol. The molecule has 0 saturated heterocycles. The van der Waals surface area contributed by atoms with Crippen molar-refractivity contribution in [2.45, 2.75) is 45.1 Å². The van der Waals surface area contributed by atoms with E-state index in [1.54, 1.807) is 6.92 Å². The van der Waals surface area contributed by atoms with Crippen LogP contribution < -0.4 is 11.1 Å². The fourth-order valence-electron chi connectivity index (χ4n) is 2.11. The first-order valence-electron chi connectivity index (χ1n) is 5.80. The Balaban J connectivity index is 1.99. The summed E-state index contributed by atoms with van der Waals surface area (Å²) < 4.78 is 0. The molecule has 1 fully saturated rings. The van der Waals surface area contributed by atoms with Crippen LogP contribution in [-0.4, -0.2) is 22.1 Å². The van der Waals surface area contributed by atoms with E-state index in [4.69, 9.17) is 5.73 Å². The summed E-state index contributed by atoms with van der Waals surface area (Å²) in [6, 6.07) is 0.289. The third-order valence-corrected chi connectivity index (χ3v) is 3.15. The van der Waals surface area contributed by atoms with E-state index in [0.717, 1.165) is 18.5 Å². The highest BCUT2D eigenvalue weighted by Crippen LogP contribution is 2.19. The minimum Gasteiger partial charge on any atom is -0.395 e. The van der Waals surface area contributed by atoms with Gasteiger partial charge in [-0.1, -0.05) is 19.3 Å². The number of anilines is 1. The number of nitrogen functional groups attached to an aromatic ring is 1. The number of aromatic amines is 1. The Morgan fingerprint density at radius 3 is 2.69 bits per heavy atom. The van der Waals surface area contributed by atoms with Gasteiger partial charge in [-0.3, -0.25) is 9.89 Å². The Morgan fingerprint density at radius 1 is 1.44 bits per heavy atom. The number of hydrogen-bond donors (Lipinski definition) is 3. The summed E-state index contributed by atoms with van der Waals surface area (Å²) in [6.45, 7) is 1.81. The summed E-state index contributed by atoms with van der Waals surface area (Å²) in [5.41, 5.74) is 7.27. The quantitative estimate of drug-likeness (QED) is 0.706. The number of hydrogen-bond acceptors (Lipinski definition) is 3. The van der Waals surface area contributed by atoms with Gasteiger partial charge in [0.25, 0.3) is 5.91 Å². The zero-order valence-corrected chi connectivity index (χ0v) is 9.55. The van der Waals surface area contributed by atoms with Gasteiger partial charge < -0.3 is 11.1 Å². The van der Waals surface area contributed by atoms with Crippen LogP contribution in [0.4, 0.5) is 5.69 Å². The second-order valence-electron chi connectivity index (χ2n) is 4.42. The zero-order valence-electron chi connectivity index (χ0n) is 9.55. The predicted octanol–water partition coefficient (Wildman–Crippen LogP) is 1.36. The van der Waals surface area contributed by atoms with E-state index in [2.05, 4.69) is 15.5 Å². The molecule has 0 bridgehead atoms. The van der Waals surface area contributed by atoms with Gasteiger partial charge in [0.2, 0.25) is 0 Å². The number of aromatic nitrogens is 2. The van der Waals surface area contributed by atoms with Gasteiger partial charge in [0.1, 0.15) is 0 Å². The number of aryl methyl sites for hydroxylation is 1. The monoisotopic (exact) mass is 222 g/mol. The van der Waals surface area contributed by atoms with Crippen molar-refractivity contribution in [1.29, 1.82) is 0 Å². The Bertz CT molecular complexity index is 379. The Hall–Kier alpha value is -1.52. The molecule has 0 radical (unpaired) electrons. The van der Waals surface area contributed by atoms with Crippen LogP contribution in [0.2, 0.25) is 0 Å². The van der Waals surface area contributed by atoms with E-state index in [1.165, 1.54) is 19.3 Å². The molecule has 1 amide bonds. The Kier molecular flexibility index (Phi) is 3.12. The number of amides is 1. The van der Waals surface area contributed by atoms with E-state index in [-0.39, 0.29) is 11.9 Å². The third-order valence-electron chi connectivity index (χ3n) is 3.15. The van der Waals surface area contributed by atoms with E-state index in [1.807, 2.05) is 0 Å². The van der Waals surface area contributed by atoms with Crippen molar-refractivity contribution in [2.75, 3.05) is 5.73 Å². The van der Waals surface area contributed by atoms with Crippen LogP contribution in [0.15, 0.2) is 0 Å². The highest BCUT2D eigenvalue weighted by atomic mass is 16.2. The SMILES string of the molecule is Cc1[nH]nc(C(=O)NC2CCCCC2)c1N. The summed E-state index contributed by atoms with van der Waals surface area (Å²) in [5.74, 6) is -0.159. The number of nitrogens with one attached hydrogen (secondary N) is 2. The van der Waals surface area contributed by atoms with Crippen molar-refractivity contribution in [3.63, 3.8) is 0 Å². The number of nitrogens with two attached hydrogens (primary N) is 1. The molecule has 0 unspecified atom stereocenters. The van der Waals surface area contributed by atoms with E-state index in [0.29, 0.717) is 11.4 Å². The lowest BCUT2D eigenvalue weighted by Gasteiger charge is -2.22. The number of H-pyrrole nitrogens is 1. The molecule has 0 aliphatic heterocycles. The summed E-state index contributed by atoms with van der Waals surface area (Å²) >= 11 is 0. The Morgan fingerprint density at radius 2 is 2.12 bits per heavy atom. The number of carbonyl (C=O) groups is 1. The molecule has 88 valence electrons. The van der Waals surface area contributed by atoms with Gasteiger partial charge in [0.05, 0.1) is 11.4 Å². The second kappa shape index (κ2) is 4.55. The molecule has 5 nitrogen and oxygen atoms in total.